The molecule has 1 aromatic rings. The molecule has 0 bridgehead atoms. The number of pyridine rings is 1. The maximum atomic E-state index is 13.0. The molecule has 2 heterocycles. The van der Waals surface area contributed by atoms with Gasteiger partial charge in [-0.3, -0.25) is 9.69 Å². The maximum absolute atomic E-state index is 13.0. The second-order valence-corrected chi connectivity index (χ2v) is 9.20. The van der Waals surface area contributed by atoms with Crippen molar-refractivity contribution in [1.29, 1.82) is 0 Å². The zero-order valence-corrected chi connectivity index (χ0v) is 17.6. The summed E-state index contributed by atoms with van der Waals surface area (Å²) in [6.45, 7) is 6.60. The fourth-order valence-corrected chi connectivity index (χ4v) is 5.43. The molecule has 0 aromatic carbocycles. The fourth-order valence-electron chi connectivity index (χ4n) is 5.43. The Balaban J connectivity index is 1.38. The van der Waals surface area contributed by atoms with Crippen LogP contribution in [0.3, 0.4) is 0 Å². The lowest BCUT2D eigenvalue weighted by Gasteiger charge is -2.38. The Morgan fingerprint density at radius 3 is 2.54 bits per heavy atom. The van der Waals surface area contributed by atoms with Crippen LogP contribution >= 0.6 is 0 Å². The van der Waals surface area contributed by atoms with Crippen molar-refractivity contribution in [1.82, 2.24) is 9.88 Å². The van der Waals surface area contributed by atoms with Crippen LogP contribution in [0.4, 0.5) is 11.5 Å². The van der Waals surface area contributed by atoms with Crippen LogP contribution in [0, 0.1) is 11.8 Å². The second kappa shape index (κ2) is 8.81. The van der Waals surface area contributed by atoms with E-state index in [0.29, 0.717) is 5.92 Å². The molecule has 154 valence electrons. The molecule has 2 atom stereocenters. The van der Waals surface area contributed by atoms with Gasteiger partial charge in [0.25, 0.3) is 0 Å². The first kappa shape index (κ1) is 19.7. The lowest BCUT2D eigenvalue weighted by molar-refractivity contribution is -0.123. The van der Waals surface area contributed by atoms with E-state index in [1.54, 1.807) is 0 Å². The van der Waals surface area contributed by atoms with Gasteiger partial charge in [0, 0.05) is 63.1 Å². The molecule has 5 heteroatoms. The topological polar surface area (TPSA) is 39.7 Å². The van der Waals surface area contributed by atoms with E-state index >= 15 is 0 Å². The van der Waals surface area contributed by atoms with Crippen molar-refractivity contribution in [3.8, 4) is 0 Å². The summed E-state index contributed by atoms with van der Waals surface area (Å²) >= 11 is 0. The van der Waals surface area contributed by atoms with Crippen LogP contribution in [0.5, 0.6) is 0 Å². The third-order valence-electron chi connectivity index (χ3n) is 7.21. The van der Waals surface area contributed by atoms with E-state index in [-0.39, 0.29) is 11.8 Å². The van der Waals surface area contributed by atoms with Gasteiger partial charge in [-0.1, -0.05) is 32.6 Å². The summed E-state index contributed by atoms with van der Waals surface area (Å²) in [5.41, 5.74) is 0.978. The summed E-state index contributed by atoms with van der Waals surface area (Å²) in [5, 5.41) is 0. The Bertz CT molecular complexity index is 664. The first-order valence-electron chi connectivity index (χ1n) is 11.3. The van der Waals surface area contributed by atoms with E-state index in [0.717, 1.165) is 56.6 Å². The van der Waals surface area contributed by atoms with Crippen LogP contribution in [0.2, 0.25) is 0 Å². The van der Waals surface area contributed by atoms with Crippen molar-refractivity contribution >= 4 is 17.4 Å². The molecule has 0 spiro atoms. The summed E-state index contributed by atoms with van der Waals surface area (Å²) in [5.74, 6) is 2.13. The average Bonchev–Trinajstić information content (AvgIpc) is 3.28. The zero-order chi connectivity index (χ0) is 19.5. The van der Waals surface area contributed by atoms with E-state index in [9.17, 15) is 4.79 Å². The predicted molar refractivity (Wildman–Crippen MR) is 115 cm³/mol. The van der Waals surface area contributed by atoms with Gasteiger partial charge < -0.3 is 9.80 Å². The highest BCUT2D eigenvalue weighted by molar-refractivity contribution is 5.94. The molecule has 0 N–H and O–H groups in total. The highest BCUT2D eigenvalue weighted by Crippen LogP contribution is 2.31. The van der Waals surface area contributed by atoms with Crippen LogP contribution in [-0.2, 0) is 4.79 Å². The van der Waals surface area contributed by atoms with Crippen LogP contribution in [-0.4, -0.2) is 55.1 Å². The van der Waals surface area contributed by atoms with Gasteiger partial charge in [-0.2, -0.15) is 0 Å². The normalized spacial score (nSPS) is 27.1. The van der Waals surface area contributed by atoms with Crippen LogP contribution in [0.25, 0.3) is 0 Å². The lowest BCUT2D eigenvalue weighted by Crippen LogP contribution is -2.50. The Kier molecular flexibility index (Phi) is 6.19. The molecule has 2 saturated carbocycles. The Hall–Kier alpha value is -1.62. The summed E-state index contributed by atoms with van der Waals surface area (Å²) in [7, 11) is 1.93. The third kappa shape index (κ3) is 4.35. The molecule has 0 radical (unpaired) electrons. The van der Waals surface area contributed by atoms with Crippen molar-refractivity contribution in [2.75, 3.05) is 43.0 Å². The van der Waals surface area contributed by atoms with Gasteiger partial charge in [0.05, 0.1) is 0 Å². The molecule has 1 aliphatic heterocycles. The minimum Gasteiger partial charge on any atom is -0.354 e. The summed E-state index contributed by atoms with van der Waals surface area (Å²) in [6, 6.07) is 4.89. The number of hydrogen-bond acceptors (Lipinski definition) is 4. The number of piperazine rings is 1. The van der Waals surface area contributed by atoms with Gasteiger partial charge in [-0.05, 0) is 37.7 Å². The zero-order valence-electron chi connectivity index (χ0n) is 17.6. The first-order chi connectivity index (χ1) is 13.6. The minimum atomic E-state index is 0.181. The number of nitrogens with zero attached hydrogens (tertiary/aromatic N) is 4. The van der Waals surface area contributed by atoms with Crippen molar-refractivity contribution in [3.05, 3.63) is 18.3 Å². The minimum absolute atomic E-state index is 0.181. The van der Waals surface area contributed by atoms with E-state index in [4.69, 9.17) is 0 Å². The Labute approximate surface area is 170 Å². The van der Waals surface area contributed by atoms with Gasteiger partial charge in [0.1, 0.15) is 5.82 Å². The van der Waals surface area contributed by atoms with Gasteiger partial charge in [-0.25, -0.2) is 4.98 Å². The number of carbonyl (C=O) groups is 1. The van der Waals surface area contributed by atoms with Crippen molar-refractivity contribution in [2.24, 2.45) is 11.8 Å². The Morgan fingerprint density at radius 2 is 1.82 bits per heavy atom. The number of carbonyl (C=O) groups excluding carboxylic acids is 1. The highest BCUT2D eigenvalue weighted by Gasteiger charge is 2.29. The number of anilines is 2. The lowest BCUT2D eigenvalue weighted by atomic mass is 9.82. The van der Waals surface area contributed by atoms with Crippen LogP contribution in [0.15, 0.2) is 18.3 Å². The van der Waals surface area contributed by atoms with Crippen LogP contribution in [0.1, 0.15) is 58.3 Å². The van der Waals surface area contributed by atoms with Crippen molar-refractivity contribution < 1.29 is 4.79 Å². The fraction of sp³-hybridized carbons (Fsp3) is 0.739. The number of hydrogen-bond donors (Lipinski definition) is 0. The van der Waals surface area contributed by atoms with Crippen molar-refractivity contribution in [2.45, 2.75) is 64.3 Å². The van der Waals surface area contributed by atoms with Gasteiger partial charge in [-0.15, -0.1) is 0 Å². The summed E-state index contributed by atoms with van der Waals surface area (Å²) in [4.78, 5) is 24.6. The number of amides is 1. The molecule has 3 fully saturated rings. The SMILES string of the molecule is CC1CCCC(C(=O)N(C)c2ccnc(N3CCN(C4CCCC4)CC3)c2)C1. The molecular weight excluding hydrogens is 348 g/mol. The molecular formula is C23H36N4O. The molecule has 3 aliphatic rings. The smallest absolute Gasteiger partial charge is 0.229 e. The largest absolute Gasteiger partial charge is 0.354 e. The van der Waals surface area contributed by atoms with E-state index in [1.807, 2.05) is 24.2 Å². The number of aromatic nitrogens is 1. The van der Waals surface area contributed by atoms with E-state index in [1.165, 1.54) is 38.5 Å². The molecule has 1 amide bonds. The Morgan fingerprint density at radius 1 is 1.07 bits per heavy atom. The van der Waals surface area contributed by atoms with Crippen molar-refractivity contribution in [3.63, 3.8) is 0 Å². The maximum Gasteiger partial charge on any atom is 0.229 e. The predicted octanol–water partition coefficient (Wildman–Crippen LogP) is 3.94. The molecule has 5 nitrogen and oxygen atoms in total. The molecule has 28 heavy (non-hydrogen) atoms. The second-order valence-electron chi connectivity index (χ2n) is 9.20. The number of rotatable bonds is 4. The molecule has 2 aliphatic carbocycles. The molecule has 1 aromatic heterocycles. The first-order valence-corrected chi connectivity index (χ1v) is 11.3. The monoisotopic (exact) mass is 384 g/mol. The quantitative estimate of drug-likeness (QED) is 0.788. The van der Waals surface area contributed by atoms with Gasteiger partial charge >= 0.3 is 0 Å². The van der Waals surface area contributed by atoms with Gasteiger partial charge in [0.2, 0.25) is 5.91 Å². The summed E-state index contributed by atoms with van der Waals surface area (Å²) in [6.07, 6.45) is 11.9. The van der Waals surface area contributed by atoms with Gasteiger partial charge in [0.15, 0.2) is 0 Å². The average molecular weight is 385 g/mol. The third-order valence-corrected chi connectivity index (χ3v) is 7.21. The summed E-state index contributed by atoms with van der Waals surface area (Å²) < 4.78 is 0. The standard InChI is InChI=1S/C23H36N4O/c1-18-6-5-7-19(16-18)23(28)25(2)21-10-11-24-22(17-21)27-14-12-26(13-15-27)20-8-3-4-9-20/h10-11,17-20H,3-9,12-16H2,1-2H3. The molecule has 4 rings (SSSR count). The molecule has 1 saturated heterocycles. The highest BCUT2D eigenvalue weighted by atomic mass is 16.2. The van der Waals surface area contributed by atoms with Crippen LogP contribution < -0.4 is 9.80 Å². The molecule has 2 unspecified atom stereocenters. The van der Waals surface area contributed by atoms with E-state index < -0.39 is 0 Å². The van der Waals surface area contributed by atoms with E-state index in [2.05, 4.69) is 27.8 Å².